The van der Waals surface area contributed by atoms with Crippen molar-refractivity contribution in [2.45, 2.75) is 75.7 Å². The zero-order valence-electron chi connectivity index (χ0n) is 23.1. The molecular formula is C30H36F3N3O6. The van der Waals surface area contributed by atoms with E-state index in [2.05, 4.69) is 10.2 Å². The zero-order valence-corrected chi connectivity index (χ0v) is 23.1. The summed E-state index contributed by atoms with van der Waals surface area (Å²) in [6.07, 6.45) is -4.54. The third kappa shape index (κ3) is 7.30. The number of hydrogen-bond donors (Lipinski definition) is 3. The molecule has 2 aromatic rings. The number of halogens is 3. The van der Waals surface area contributed by atoms with E-state index >= 15 is 0 Å². The summed E-state index contributed by atoms with van der Waals surface area (Å²) in [4.78, 5) is 27.1. The second kappa shape index (κ2) is 13.1. The highest BCUT2D eigenvalue weighted by Crippen LogP contribution is 2.38. The number of rotatable bonds is 8. The lowest BCUT2D eigenvalue weighted by molar-refractivity contribution is -0.252. The number of carbonyl (C=O) groups excluding carboxylic acids is 2. The van der Waals surface area contributed by atoms with Gasteiger partial charge in [-0.1, -0.05) is 48.5 Å². The number of likely N-dealkylation sites (tertiary alicyclic amines) is 2. The summed E-state index contributed by atoms with van der Waals surface area (Å²) in [5, 5.41) is 22.0. The van der Waals surface area contributed by atoms with Crippen molar-refractivity contribution in [3.05, 3.63) is 70.8 Å². The smallest absolute Gasteiger partial charge is 0.392 e. The van der Waals surface area contributed by atoms with Gasteiger partial charge >= 0.3 is 12.1 Å². The summed E-state index contributed by atoms with van der Waals surface area (Å²) in [5.41, 5.74) is 3.27. The van der Waals surface area contributed by atoms with Gasteiger partial charge in [0, 0.05) is 44.7 Å². The molecule has 0 aliphatic carbocycles. The molecule has 42 heavy (non-hydrogen) atoms. The number of carbonyl (C=O) groups is 2. The fraction of sp³-hybridized carbons (Fsp3) is 0.533. The molecule has 0 unspecified atom stereocenters. The molecule has 2 amide bonds. The molecule has 3 N–H and O–H groups in total. The highest BCUT2D eigenvalue weighted by atomic mass is 19.4. The topological polar surface area (TPSA) is 112 Å². The minimum absolute atomic E-state index is 0.0468. The molecule has 0 saturated carbocycles. The monoisotopic (exact) mass is 591 g/mol. The van der Waals surface area contributed by atoms with Crippen LogP contribution in [0.15, 0.2) is 48.5 Å². The van der Waals surface area contributed by atoms with E-state index in [1.165, 1.54) is 0 Å². The molecule has 2 aromatic carbocycles. The van der Waals surface area contributed by atoms with Gasteiger partial charge in [-0.25, -0.2) is 0 Å². The van der Waals surface area contributed by atoms with Gasteiger partial charge in [-0.05, 0) is 36.0 Å². The number of ether oxygens (including phenoxy) is 2. The minimum Gasteiger partial charge on any atom is -0.392 e. The van der Waals surface area contributed by atoms with Crippen molar-refractivity contribution >= 4 is 11.8 Å². The molecule has 12 heteroatoms. The van der Waals surface area contributed by atoms with Gasteiger partial charge < -0.3 is 29.9 Å². The average Bonchev–Trinajstić information content (AvgIpc) is 3.64. The Morgan fingerprint density at radius 2 is 1.64 bits per heavy atom. The third-order valence-electron chi connectivity index (χ3n) is 8.10. The van der Waals surface area contributed by atoms with E-state index in [0.29, 0.717) is 30.8 Å². The summed E-state index contributed by atoms with van der Waals surface area (Å²) >= 11 is 0. The molecule has 9 nitrogen and oxygen atoms in total. The fourth-order valence-corrected chi connectivity index (χ4v) is 5.84. The molecule has 228 valence electrons. The Hall–Kier alpha value is -3.03. The Morgan fingerprint density at radius 1 is 0.952 bits per heavy atom. The Morgan fingerprint density at radius 3 is 2.29 bits per heavy atom. The van der Waals surface area contributed by atoms with Gasteiger partial charge in [0.2, 0.25) is 5.91 Å². The standard InChI is InChI=1S/C30H36F3N3O6/c31-30(32,33)29(40)36-12-1-2-25(36)27(39)34-15-19-3-9-22(10-4-19)28-41-24(17-35-13-11-23(38)16-35)14-26(42-28)21-7-5-20(18-37)6-8-21/h3-10,23-26,28,37-38H,1-2,11-18H2,(H,34,39)/t23-,24-,25-,26+,28+/m0/s1. The first-order valence-corrected chi connectivity index (χ1v) is 14.3. The lowest BCUT2D eigenvalue weighted by Crippen LogP contribution is -2.50. The summed E-state index contributed by atoms with van der Waals surface area (Å²) in [6, 6.07) is 13.7. The van der Waals surface area contributed by atoms with Crippen LogP contribution in [0.5, 0.6) is 0 Å². The number of benzene rings is 2. The molecule has 5 atom stereocenters. The largest absolute Gasteiger partial charge is 0.471 e. The van der Waals surface area contributed by atoms with Crippen LogP contribution in [0.3, 0.4) is 0 Å². The Balaban J connectivity index is 1.23. The molecule has 0 bridgehead atoms. The number of nitrogens with zero attached hydrogens (tertiary/aromatic N) is 2. The minimum atomic E-state index is -5.02. The number of aliphatic hydroxyl groups excluding tert-OH is 2. The van der Waals surface area contributed by atoms with Crippen LogP contribution >= 0.6 is 0 Å². The lowest BCUT2D eigenvalue weighted by atomic mass is 9.99. The van der Waals surface area contributed by atoms with E-state index < -0.39 is 30.3 Å². The van der Waals surface area contributed by atoms with Gasteiger partial charge in [0.05, 0.1) is 24.9 Å². The predicted octanol–water partition coefficient (Wildman–Crippen LogP) is 2.96. The van der Waals surface area contributed by atoms with Crippen molar-refractivity contribution < 1.29 is 42.4 Å². The van der Waals surface area contributed by atoms with Crippen LogP contribution in [0.1, 0.15) is 60.3 Å². The number of alkyl halides is 3. The maximum atomic E-state index is 12.9. The molecule has 0 radical (unpaired) electrons. The van der Waals surface area contributed by atoms with Crippen LogP contribution in [0.25, 0.3) is 0 Å². The Bertz CT molecular complexity index is 1230. The van der Waals surface area contributed by atoms with Crippen molar-refractivity contribution in [2.75, 3.05) is 26.2 Å². The highest BCUT2D eigenvalue weighted by Gasteiger charge is 2.47. The first kappa shape index (κ1) is 30.4. The van der Waals surface area contributed by atoms with Crippen LogP contribution in [0, 0.1) is 0 Å². The number of nitrogens with one attached hydrogen (secondary N) is 1. The summed E-state index contributed by atoms with van der Waals surface area (Å²) < 4.78 is 51.4. The van der Waals surface area contributed by atoms with E-state index in [-0.39, 0.29) is 44.4 Å². The number of aliphatic hydroxyl groups is 2. The highest BCUT2D eigenvalue weighted by molar-refractivity contribution is 5.90. The Labute approximate surface area is 242 Å². The first-order chi connectivity index (χ1) is 20.1. The second-order valence-corrected chi connectivity index (χ2v) is 11.2. The molecule has 3 aliphatic heterocycles. The summed E-state index contributed by atoms with van der Waals surface area (Å²) in [7, 11) is 0. The van der Waals surface area contributed by atoms with E-state index in [1.54, 1.807) is 12.1 Å². The number of hydrogen-bond acceptors (Lipinski definition) is 7. The van der Waals surface area contributed by atoms with Crippen LogP contribution in [0.4, 0.5) is 13.2 Å². The van der Waals surface area contributed by atoms with Crippen LogP contribution in [0.2, 0.25) is 0 Å². The number of amides is 2. The van der Waals surface area contributed by atoms with Crippen molar-refractivity contribution in [1.82, 2.24) is 15.1 Å². The van der Waals surface area contributed by atoms with Gasteiger partial charge in [0.1, 0.15) is 6.04 Å². The third-order valence-corrected chi connectivity index (χ3v) is 8.10. The van der Waals surface area contributed by atoms with Crippen LogP contribution in [-0.2, 0) is 32.2 Å². The van der Waals surface area contributed by atoms with Crippen LogP contribution < -0.4 is 5.32 Å². The van der Waals surface area contributed by atoms with E-state index in [9.17, 15) is 33.0 Å². The summed E-state index contributed by atoms with van der Waals surface area (Å²) in [6.45, 7) is 2.00. The Kier molecular flexibility index (Phi) is 9.48. The molecular weight excluding hydrogens is 555 g/mol. The number of β-amino-alcohol motifs (C(OH)–C–C–N with tert-alkyl or cyclic N) is 1. The van der Waals surface area contributed by atoms with Gasteiger partial charge in [0.15, 0.2) is 6.29 Å². The molecule has 3 saturated heterocycles. The van der Waals surface area contributed by atoms with E-state index in [1.807, 2.05) is 36.4 Å². The average molecular weight is 592 g/mol. The predicted molar refractivity (Wildman–Crippen MR) is 145 cm³/mol. The second-order valence-electron chi connectivity index (χ2n) is 11.2. The van der Waals surface area contributed by atoms with Crippen molar-refractivity contribution in [1.29, 1.82) is 0 Å². The molecule has 3 fully saturated rings. The first-order valence-electron chi connectivity index (χ1n) is 14.3. The lowest BCUT2D eigenvalue weighted by Gasteiger charge is -2.37. The molecule has 0 aromatic heterocycles. The van der Waals surface area contributed by atoms with Gasteiger partial charge in [-0.15, -0.1) is 0 Å². The zero-order chi connectivity index (χ0) is 29.9. The normalized spacial score (nSPS) is 26.9. The fourth-order valence-electron chi connectivity index (χ4n) is 5.84. The maximum Gasteiger partial charge on any atom is 0.471 e. The van der Waals surface area contributed by atoms with Crippen molar-refractivity contribution in [3.63, 3.8) is 0 Å². The van der Waals surface area contributed by atoms with E-state index in [4.69, 9.17) is 9.47 Å². The molecule has 3 heterocycles. The SMILES string of the molecule is O=C(NCc1ccc([C@@H]2O[C@H](CN3CC[C@H](O)C3)C[C@H](c3ccc(CO)cc3)O2)cc1)[C@@H]1CCCN1C(=O)C(F)(F)F. The quantitative estimate of drug-likeness (QED) is 0.433. The van der Waals surface area contributed by atoms with Gasteiger partial charge in [-0.2, -0.15) is 13.2 Å². The molecule has 0 spiro atoms. The summed E-state index contributed by atoms with van der Waals surface area (Å²) in [5.74, 6) is -2.60. The molecule has 5 rings (SSSR count). The van der Waals surface area contributed by atoms with E-state index in [0.717, 1.165) is 35.2 Å². The van der Waals surface area contributed by atoms with Crippen molar-refractivity contribution in [3.8, 4) is 0 Å². The van der Waals surface area contributed by atoms with Gasteiger partial charge in [-0.3, -0.25) is 14.5 Å². The van der Waals surface area contributed by atoms with Gasteiger partial charge in [0.25, 0.3) is 0 Å². The van der Waals surface area contributed by atoms with Crippen molar-refractivity contribution in [2.24, 2.45) is 0 Å². The van der Waals surface area contributed by atoms with Crippen LogP contribution in [-0.4, -0.2) is 82.4 Å². The maximum absolute atomic E-state index is 12.9. The molecule has 3 aliphatic rings.